The monoisotopic (exact) mass is 243 g/mol. The van der Waals surface area contributed by atoms with Gasteiger partial charge in [-0.3, -0.25) is 0 Å². The quantitative estimate of drug-likeness (QED) is 0.712. The summed E-state index contributed by atoms with van der Waals surface area (Å²) in [5.74, 6) is 0.865. The van der Waals surface area contributed by atoms with Crippen molar-refractivity contribution in [3.05, 3.63) is 0 Å². The Labute approximate surface area is 106 Å². The summed E-state index contributed by atoms with van der Waals surface area (Å²) in [5, 5.41) is 0. The molecule has 1 aliphatic rings. The van der Waals surface area contributed by atoms with Crippen LogP contribution in [0.2, 0.25) is 0 Å². The second-order valence-corrected chi connectivity index (χ2v) is 5.32. The zero-order valence-corrected chi connectivity index (χ0v) is 11.7. The number of rotatable bonds is 7. The molecule has 102 valence electrons. The van der Waals surface area contributed by atoms with E-state index in [1.165, 1.54) is 32.5 Å². The summed E-state index contributed by atoms with van der Waals surface area (Å²) in [6.45, 7) is 8.04. The molecule has 1 saturated heterocycles. The van der Waals surface area contributed by atoms with E-state index in [4.69, 9.17) is 10.5 Å². The lowest BCUT2D eigenvalue weighted by molar-refractivity contribution is 0.0288. The van der Waals surface area contributed by atoms with Gasteiger partial charge in [-0.05, 0) is 52.9 Å². The molecule has 1 rings (SSSR count). The zero-order chi connectivity index (χ0) is 12.7. The molecule has 0 aromatic carbocycles. The molecule has 4 heteroatoms. The van der Waals surface area contributed by atoms with Crippen LogP contribution in [0.1, 0.15) is 19.8 Å². The maximum Gasteiger partial charge on any atom is 0.0823 e. The van der Waals surface area contributed by atoms with Crippen LogP contribution >= 0.6 is 0 Å². The van der Waals surface area contributed by atoms with Gasteiger partial charge < -0.3 is 20.3 Å². The van der Waals surface area contributed by atoms with Crippen molar-refractivity contribution in [1.82, 2.24) is 9.80 Å². The van der Waals surface area contributed by atoms with Gasteiger partial charge in [0.2, 0.25) is 0 Å². The highest BCUT2D eigenvalue weighted by atomic mass is 16.5. The number of nitrogens with zero attached hydrogens (tertiary/aromatic N) is 2. The summed E-state index contributed by atoms with van der Waals surface area (Å²) in [6, 6.07) is 0. The average Bonchev–Trinajstić information content (AvgIpc) is 2.30. The molecule has 1 unspecified atom stereocenters. The first-order valence-corrected chi connectivity index (χ1v) is 6.84. The SMILES string of the molecule is CCOC(CN)CN1CCC(CN(C)C)CC1. The fraction of sp³-hybridized carbons (Fsp3) is 1.00. The average molecular weight is 243 g/mol. The van der Waals surface area contributed by atoms with Crippen LogP contribution in [-0.4, -0.2) is 69.3 Å². The number of nitrogens with two attached hydrogens (primary N) is 1. The van der Waals surface area contributed by atoms with Crippen LogP contribution in [0.25, 0.3) is 0 Å². The summed E-state index contributed by atoms with van der Waals surface area (Å²) in [5.41, 5.74) is 5.71. The predicted octanol–water partition coefficient (Wildman–Crippen LogP) is 0.624. The molecule has 0 spiro atoms. The van der Waals surface area contributed by atoms with Gasteiger partial charge in [0.25, 0.3) is 0 Å². The smallest absolute Gasteiger partial charge is 0.0823 e. The van der Waals surface area contributed by atoms with Gasteiger partial charge in [-0.15, -0.1) is 0 Å². The van der Waals surface area contributed by atoms with Crippen molar-refractivity contribution in [2.45, 2.75) is 25.9 Å². The van der Waals surface area contributed by atoms with Crippen LogP contribution in [0.4, 0.5) is 0 Å². The summed E-state index contributed by atoms with van der Waals surface area (Å²) in [7, 11) is 4.32. The zero-order valence-electron chi connectivity index (χ0n) is 11.7. The minimum Gasteiger partial charge on any atom is -0.376 e. The largest absolute Gasteiger partial charge is 0.376 e. The highest BCUT2D eigenvalue weighted by Crippen LogP contribution is 2.17. The summed E-state index contributed by atoms with van der Waals surface area (Å²) in [6.07, 6.45) is 2.83. The van der Waals surface area contributed by atoms with Crippen LogP contribution in [0.15, 0.2) is 0 Å². The molecule has 0 aromatic heterocycles. The number of likely N-dealkylation sites (tertiary alicyclic amines) is 1. The van der Waals surface area contributed by atoms with Gasteiger partial charge in [-0.2, -0.15) is 0 Å². The Bertz CT molecular complexity index is 191. The molecule has 17 heavy (non-hydrogen) atoms. The van der Waals surface area contributed by atoms with Crippen molar-refractivity contribution in [1.29, 1.82) is 0 Å². The molecule has 1 fully saturated rings. The Morgan fingerprint density at radius 1 is 1.35 bits per heavy atom. The molecule has 0 amide bonds. The van der Waals surface area contributed by atoms with Crippen LogP contribution in [-0.2, 0) is 4.74 Å². The summed E-state index contributed by atoms with van der Waals surface area (Å²) < 4.78 is 5.61. The standard InChI is InChI=1S/C13H29N3O/c1-4-17-13(9-14)11-16-7-5-12(6-8-16)10-15(2)3/h12-13H,4-11,14H2,1-3H3. The van der Waals surface area contributed by atoms with Gasteiger partial charge in [-0.1, -0.05) is 0 Å². The summed E-state index contributed by atoms with van der Waals surface area (Å²) >= 11 is 0. The molecule has 0 aliphatic carbocycles. The maximum atomic E-state index is 5.71. The van der Waals surface area contributed by atoms with Gasteiger partial charge in [0.05, 0.1) is 6.10 Å². The number of hydrogen-bond donors (Lipinski definition) is 1. The molecule has 0 saturated carbocycles. The Balaban J connectivity index is 2.22. The molecule has 1 heterocycles. The van der Waals surface area contributed by atoms with Crippen molar-refractivity contribution in [3.8, 4) is 0 Å². The Kier molecular flexibility index (Phi) is 7.04. The molecule has 4 nitrogen and oxygen atoms in total. The predicted molar refractivity (Wildman–Crippen MR) is 72.2 cm³/mol. The molecule has 0 radical (unpaired) electrons. The first-order valence-electron chi connectivity index (χ1n) is 6.84. The Morgan fingerprint density at radius 3 is 2.47 bits per heavy atom. The topological polar surface area (TPSA) is 41.7 Å². The first kappa shape index (κ1) is 14.9. The van der Waals surface area contributed by atoms with Crippen molar-refractivity contribution in [2.24, 2.45) is 11.7 Å². The van der Waals surface area contributed by atoms with E-state index in [-0.39, 0.29) is 6.10 Å². The molecular weight excluding hydrogens is 214 g/mol. The van der Waals surface area contributed by atoms with E-state index in [1.54, 1.807) is 0 Å². The molecule has 2 N–H and O–H groups in total. The van der Waals surface area contributed by atoms with E-state index < -0.39 is 0 Å². The molecular formula is C13H29N3O. The molecule has 1 aliphatic heterocycles. The highest BCUT2D eigenvalue weighted by molar-refractivity contribution is 4.76. The van der Waals surface area contributed by atoms with Crippen molar-refractivity contribution in [2.75, 3.05) is 53.4 Å². The van der Waals surface area contributed by atoms with Gasteiger partial charge >= 0.3 is 0 Å². The minimum absolute atomic E-state index is 0.213. The van der Waals surface area contributed by atoms with E-state index in [9.17, 15) is 0 Å². The minimum atomic E-state index is 0.213. The maximum absolute atomic E-state index is 5.71. The van der Waals surface area contributed by atoms with E-state index in [1.807, 2.05) is 6.92 Å². The van der Waals surface area contributed by atoms with Crippen molar-refractivity contribution < 1.29 is 4.74 Å². The van der Waals surface area contributed by atoms with Crippen LogP contribution in [0.5, 0.6) is 0 Å². The second-order valence-electron chi connectivity index (χ2n) is 5.32. The van der Waals surface area contributed by atoms with Crippen LogP contribution < -0.4 is 5.73 Å². The Hall–Kier alpha value is -0.160. The molecule has 0 aromatic rings. The van der Waals surface area contributed by atoms with Crippen molar-refractivity contribution >= 4 is 0 Å². The second kappa shape index (κ2) is 8.03. The van der Waals surface area contributed by atoms with Crippen LogP contribution in [0.3, 0.4) is 0 Å². The van der Waals surface area contributed by atoms with Crippen molar-refractivity contribution in [3.63, 3.8) is 0 Å². The lowest BCUT2D eigenvalue weighted by Gasteiger charge is -2.34. The number of piperidine rings is 1. The third kappa shape index (κ3) is 5.82. The number of ether oxygens (including phenoxy) is 1. The first-order chi connectivity index (χ1) is 8.15. The normalized spacial score (nSPS) is 21.0. The fourth-order valence-corrected chi connectivity index (χ4v) is 2.59. The van der Waals surface area contributed by atoms with E-state index in [0.717, 1.165) is 19.1 Å². The lowest BCUT2D eigenvalue weighted by atomic mass is 9.96. The van der Waals surface area contributed by atoms with E-state index in [2.05, 4.69) is 23.9 Å². The molecule has 0 bridgehead atoms. The van der Waals surface area contributed by atoms with Gasteiger partial charge in [0.15, 0.2) is 0 Å². The van der Waals surface area contributed by atoms with Gasteiger partial charge in [-0.25, -0.2) is 0 Å². The van der Waals surface area contributed by atoms with Gasteiger partial charge in [0, 0.05) is 26.2 Å². The fourth-order valence-electron chi connectivity index (χ4n) is 2.59. The third-order valence-corrected chi connectivity index (χ3v) is 3.46. The lowest BCUT2D eigenvalue weighted by Crippen LogP contribution is -2.43. The Morgan fingerprint density at radius 2 is 2.00 bits per heavy atom. The van der Waals surface area contributed by atoms with E-state index >= 15 is 0 Å². The van der Waals surface area contributed by atoms with E-state index in [0.29, 0.717) is 6.54 Å². The van der Waals surface area contributed by atoms with Gasteiger partial charge in [0.1, 0.15) is 0 Å². The number of hydrogen-bond acceptors (Lipinski definition) is 4. The van der Waals surface area contributed by atoms with Crippen LogP contribution in [0, 0.1) is 5.92 Å². The highest BCUT2D eigenvalue weighted by Gasteiger charge is 2.21. The summed E-state index contributed by atoms with van der Waals surface area (Å²) in [4.78, 5) is 4.79. The molecule has 1 atom stereocenters. The third-order valence-electron chi connectivity index (χ3n) is 3.46.